The largest absolute Gasteiger partial charge is 0.378 e. The van der Waals surface area contributed by atoms with Crippen molar-refractivity contribution in [1.82, 2.24) is 19.8 Å². The number of rotatable bonds is 5. The standard InChI is InChI=1S/C16H26N4O2/c1-19(16(21)18-6-4-14-3-2-10-22-14)12-13-5-8-20-9-7-17-15(20)11-13/h7,9,13-14H,2-6,8,10-12H2,1H3,(H,18,21)/t13-,14-/m1/s1. The van der Waals surface area contributed by atoms with Crippen molar-refractivity contribution in [2.24, 2.45) is 5.92 Å². The molecule has 0 unspecified atom stereocenters. The minimum Gasteiger partial charge on any atom is -0.378 e. The predicted octanol–water partition coefficient (Wildman–Crippen LogP) is 1.66. The molecule has 3 rings (SSSR count). The van der Waals surface area contributed by atoms with Crippen molar-refractivity contribution in [3.8, 4) is 0 Å². The number of carbonyl (C=O) groups is 1. The second-order valence-corrected chi connectivity index (χ2v) is 6.43. The lowest BCUT2D eigenvalue weighted by Gasteiger charge is -2.28. The van der Waals surface area contributed by atoms with E-state index >= 15 is 0 Å². The highest BCUT2D eigenvalue weighted by Gasteiger charge is 2.22. The summed E-state index contributed by atoms with van der Waals surface area (Å²) >= 11 is 0. The third kappa shape index (κ3) is 3.80. The molecule has 0 spiro atoms. The molecular weight excluding hydrogens is 280 g/mol. The summed E-state index contributed by atoms with van der Waals surface area (Å²) < 4.78 is 7.77. The van der Waals surface area contributed by atoms with Crippen LogP contribution in [0.3, 0.4) is 0 Å². The third-order valence-corrected chi connectivity index (χ3v) is 4.70. The number of carbonyl (C=O) groups excluding carboxylic acids is 1. The summed E-state index contributed by atoms with van der Waals surface area (Å²) in [6, 6.07) is 0.0203. The maximum Gasteiger partial charge on any atom is 0.317 e. The van der Waals surface area contributed by atoms with E-state index in [1.807, 2.05) is 19.4 Å². The Morgan fingerprint density at radius 3 is 3.27 bits per heavy atom. The van der Waals surface area contributed by atoms with Crippen LogP contribution in [0.15, 0.2) is 12.4 Å². The van der Waals surface area contributed by atoms with Crippen LogP contribution in [0.1, 0.15) is 31.5 Å². The van der Waals surface area contributed by atoms with Gasteiger partial charge in [-0.05, 0) is 31.6 Å². The zero-order valence-corrected chi connectivity index (χ0v) is 13.3. The molecule has 2 atom stereocenters. The van der Waals surface area contributed by atoms with E-state index in [9.17, 15) is 4.79 Å². The lowest BCUT2D eigenvalue weighted by molar-refractivity contribution is 0.104. The van der Waals surface area contributed by atoms with Gasteiger partial charge in [0.15, 0.2) is 0 Å². The van der Waals surface area contributed by atoms with Crippen LogP contribution in [0.2, 0.25) is 0 Å². The third-order valence-electron chi connectivity index (χ3n) is 4.70. The second kappa shape index (κ2) is 7.13. The van der Waals surface area contributed by atoms with Gasteiger partial charge in [0.05, 0.1) is 6.10 Å². The van der Waals surface area contributed by atoms with Crippen LogP contribution in [-0.2, 0) is 17.7 Å². The second-order valence-electron chi connectivity index (χ2n) is 6.43. The van der Waals surface area contributed by atoms with E-state index in [0.29, 0.717) is 18.6 Å². The Morgan fingerprint density at radius 1 is 1.55 bits per heavy atom. The number of fused-ring (bicyclic) bond motifs is 1. The molecule has 6 heteroatoms. The lowest BCUT2D eigenvalue weighted by atomic mass is 9.97. The number of nitrogens with one attached hydrogen (secondary N) is 1. The van der Waals surface area contributed by atoms with Crippen molar-refractivity contribution in [3.05, 3.63) is 18.2 Å². The van der Waals surface area contributed by atoms with Gasteiger partial charge in [0.2, 0.25) is 0 Å². The number of hydrogen-bond acceptors (Lipinski definition) is 3. The van der Waals surface area contributed by atoms with Crippen LogP contribution in [-0.4, -0.2) is 53.3 Å². The molecule has 0 bridgehead atoms. The first-order valence-electron chi connectivity index (χ1n) is 8.33. The van der Waals surface area contributed by atoms with Crippen LogP contribution < -0.4 is 5.32 Å². The van der Waals surface area contributed by atoms with Gasteiger partial charge in [0.1, 0.15) is 5.82 Å². The van der Waals surface area contributed by atoms with Gasteiger partial charge >= 0.3 is 6.03 Å². The van der Waals surface area contributed by atoms with Gasteiger partial charge in [-0.15, -0.1) is 0 Å². The van der Waals surface area contributed by atoms with Gasteiger partial charge in [0.25, 0.3) is 0 Å². The first-order chi connectivity index (χ1) is 10.7. The predicted molar refractivity (Wildman–Crippen MR) is 83.7 cm³/mol. The SMILES string of the molecule is CN(C[C@@H]1CCn2ccnc2C1)C(=O)NCC[C@H]1CCCO1. The Morgan fingerprint density at radius 2 is 2.45 bits per heavy atom. The number of urea groups is 1. The number of imidazole rings is 1. The van der Waals surface area contributed by atoms with Crippen molar-refractivity contribution >= 4 is 6.03 Å². The normalized spacial score (nSPS) is 24.0. The molecule has 0 aromatic carbocycles. The molecule has 0 aliphatic carbocycles. The van der Waals surface area contributed by atoms with E-state index < -0.39 is 0 Å². The van der Waals surface area contributed by atoms with E-state index in [1.165, 1.54) is 0 Å². The van der Waals surface area contributed by atoms with Gasteiger partial charge in [-0.3, -0.25) is 0 Å². The molecule has 122 valence electrons. The highest BCUT2D eigenvalue weighted by molar-refractivity contribution is 5.73. The van der Waals surface area contributed by atoms with Gasteiger partial charge < -0.3 is 19.5 Å². The molecule has 22 heavy (non-hydrogen) atoms. The van der Waals surface area contributed by atoms with Crippen molar-refractivity contribution in [2.45, 2.75) is 44.8 Å². The average Bonchev–Trinajstić information content (AvgIpc) is 3.17. The highest BCUT2D eigenvalue weighted by Crippen LogP contribution is 2.19. The summed E-state index contributed by atoms with van der Waals surface area (Å²) in [6.45, 7) is 3.37. The van der Waals surface area contributed by atoms with Crippen LogP contribution in [0.25, 0.3) is 0 Å². The topological polar surface area (TPSA) is 59.4 Å². The van der Waals surface area contributed by atoms with Crippen LogP contribution in [0.5, 0.6) is 0 Å². The minimum atomic E-state index is 0.0203. The summed E-state index contributed by atoms with van der Waals surface area (Å²) in [4.78, 5) is 18.3. The lowest BCUT2D eigenvalue weighted by Crippen LogP contribution is -2.42. The van der Waals surface area contributed by atoms with Crippen molar-refractivity contribution in [3.63, 3.8) is 0 Å². The van der Waals surface area contributed by atoms with Crippen LogP contribution in [0, 0.1) is 5.92 Å². The Balaban J connectivity index is 1.38. The molecular formula is C16H26N4O2. The Labute approximate surface area is 131 Å². The zero-order chi connectivity index (χ0) is 15.4. The first-order valence-corrected chi connectivity index (χ1v) is 8.33. The monoisotopic (exact) mass is 306 g/mol. The fraction of sp³-hybridized carbons (Fsp3) is 0.750. The molecule has 1 N–H and O–H groups in total. The van der Waals surface area contributed by atoms with Gasteiger partial charge in [-0.1, -0.05) is 0 Å². The van der Waals surface area contributed by atoms with Crippen molar-refractivity contribution in [2.75, 3.05) is 26.7 Å². The van der Waals surface area contributed by atoms with Gasteiger partial charge in [-0.2, -0.15) is 0 Å². The smallest absolute Gasteiger partial charge is 0.317 e. The Hall–Kier alpha value is -1.56. The van der Waals surface area contributed by atoms with Gasteiger partial charge in [0, 0.05) is 52.1 Å². The molecule has 3 heterocycles. The fourth-order valence-electron chi connectivity index (χ4n) is 3.39. The summed E-state index contributed by atoms with van der Waals surface area (Å²) in [5.41, 5.74) is 0. The number of amides is 2. The van der Waals surface area contributed by atoms with Crippen LogP contribution >= 0.6 is 0 Å². The fourth-order valence-corrected chi connectivity index (χ4v) is 3.39. The van der Waals surface area contributed by atoms with E-state index in [-0.39, 0.29) is 6.03 Å². The minimum absolute atomic E-state index is 0.0203. The first kappa shape index (κ1) is 15.3. The van der Waals surface area contributed by atoms with Crippen molar-refractivity contribution in [1.29, 1.82) is 0 Å². The summed E-state index contributed by atoms with van der Waals surface area (Å²) in [7, 11) is 1.88. The molecule has 1 aromatic heterocycles. The molecule has 2 amide bonds. The zero-order valence-electron chi connectivity index (χ0n) is 13.3. The van der Waals surface area contributed by atoms with E-state index in [2.05, 4.69) is 14.9 Å². The molecule has 2 aliphatic heterocycles. The molecule has 1 fully saturated rings. The summed E-state index contributed by atoms with van der Waals surface area (Å²) in [5, 5.41) is 3.00. The highest BCUT2D eigenvalue weighted by atomic mass is 16.5. The summed E-state index contributed by atoms with van der Waals surface area (Å²) in [5.74, 6) is 1.65. The van der Waals surface area contributed by atoms with E-state index in [1.54, 1.807) is 4.90 Å². The number of ether oxygens (including phenoxy) is 1. The van der Waals surface area contributed by atoms with E-state index in [0.717, 1.165) is 57.6 Å². The van der Waals surface area contributed by atoms with Crippen molar-refractivity contribution < 1.29 is 9.53 Å². The van der Waals surface area contributed by atoms with Crippen LogP contribution in [0.4, 0.5) is 4.79 Å². The number of hydrogen-bond donors (Lipinski definition) is 1. The maximum atomic E-state index is 12.1. The molecule has 1 aromatic rings. The van der Waals surface area contributed by atoms with Gasteiger partial charge in [-0.25, -0.2) is 9.78 Å². The number of aryl methyl sites for hydroxylation is 1. The Bertz CT molecular complexity index is 496. The molecule has 1 saturated heterocycles. The number of aromatic nitrogens is 2. The molecule has 0 radical (unpaired) electrons. The summed E-state index contributed by atoms with van der Waals surface area (Å²) in [6.07, 6.45) is 9.49. The Kier molecular flexibility index (Phi) is 4.97. The maximum absolute atomic E-state index is 12.1. The molecule has 2 aliphatic rings. The quantitative estimate of drug-likeness (QED) is 0.900. The number of nitrogens with zero attached hydrogens (tertiary/aromatic N) is 3. The average molecular weight is 306 g/mol. The molecule has 6 nitrogen and oxygen atoms in total. The van der Waals surface area contributed by atoms with E-state index in [4.69, 9.17) is 4.74 Å². The molecule has 0 saturated carbocycles.